The van der Waals surface area contributed by atoms with E-state index in [1.165, 1.54) is 23.5 Å². The summed E-state index contributed by atoms with van der Waals surface area (Å²) in [5, 5.41) is -0.161. The lowest BCUT2D eigenvalue weighted by Gasteiger charge is -2.19. The van der Waals surface area contributed by atoms with Crippen molar-refractivity contribution < 1.29 is 8.42 Å². The van der Waals surface area contributed by atoms with Crippen LogP contribution in [0.2, 0.25) is 10.0 Å². The molecule has 0 aromatic heterocycles. The average Bonchev–Trinajstić information content (AvgIpc) is 2.52. The van der Waals surface area contributed by atoms with Crippen LogP contribution in [0, 0.1) is 0 Å². The molecule has 0 N–H and O–H groups in total. The lowest BCUT2D eigenvalue weighted by Crippen LogP contribution is -2.26. The number of benzene rings is 2. The number of para-hydroxylation sites is 1. The van der Waals surface area contributed by atoms with E-state index in [1.54, 1.807) is 18.2 Å². The van der Waals surface area contributed by atoms with Gasteiger partial charge in [0.25, 0.3) is 10.0 Å². The fourth-order valence-electron chi connectivity index (χ4n) is 2.40. The first kappa shape index (κ1) is 15.0. The number of hydrogen-bond donors (Lipinski definition) is 0. The molecule has 7 heteroatoms. The van der Waals surface area contributed by atoms with E-state index in [0.717, 1.165) is 0 Å². The van der Waals surface area contributed by atoms with Crippen molar-refractivity contribution in [2.24, 2.45) is 0 Å². The molecule has 0 saturated carbocycles. The van der Waals surface area contributed by atoms with Crippen LogP contribution in [-0.4, -0.2) is 15.5 Å². The fourth-order valence-corrected chi connectivity index (χ4v) is 4.69. The molecule has 1 aliphatic heterocycles. The predicted molar refractivity (Wildman–Crippen MR) is 86.2 cm³/mol. The van der Waals surface area contributed by atoms with Crippen molar-refractivity contribution in [1.29, 1.82) is 0 Å². The smallest absolute Gasteiger partial charge is 0.264 e. The van der Waals surface area contributed by atoms with Gasteiger partial charge < -0.3 is 0 Å². The Labute approximate surface area is 138 Å². The zero-order valence-corrected chi connectivity index (χ0v) is 13.9. The number of rotatable bonds is 0. The highest BCUT2D eigenvalue weighted by Gasteiger charge is 2.34. The van der Waals surface area contributed by atoms with Crippen molar-refractivity contribution in [3.63, 3.8) is 0 Å². The van der Waals surface area contributed by atoms with E-state index in [-0.39, 0.29) is 14.9 Å². The van der Waals surface area contributed by atoms with E-state index in [4.69, 9.17) is 34.8 Å². The quantitative estimate of drug-likeness (QED) is 0.649. The van der Waals surface area contributed by atoms with Crippen LogP contribution in [0.5, 0.6) is 0 Å². The van der Waals surface area contributed by atoms with E-state index in [1.807, 2.05) is 6.07 Å². The Morgan fingerprint density at radius 3 is 2.38 bits per heavy atom. The van der Waals surface area contributed by atoms with E-state index >= 15 is 0 Å². The van der Waals surface area contributed by atoms with Crippen molar-refractivity contribution in [3.05, 3.63) is 57.6 Å². The summed E-state index contributed by atoms with van der Waals surface area (Å²) in [4.78, 5) is 0.0793. The van der Waals surface area contributed by atoms with Gasteiger partial charge in [-0.1, -0.05) is 41.4 Å². The van der Waals surface area contributed by atoms with Gasteiger partial charge in [0.1, 0.15) is 0 Å². The van der Waals surface area contributed by atoms with Gasteiger partial charge in [-0.3, -0.25) is 4.31 Å². The van der Waals surface area contributed by atoms with Gasteiger partial charge in [0, 0.05) is 7.05 Å². The molecule has 3 nitrogen and oxygen atoms in total. The van der Waals surface area contributed by atoms with Crippen molar-refractivity contribution >= 4 is 50.5 Å². The van der Waals surface area contributed by atoms with Crippen molar-refractivity contribution in [2.45, 2.75) is 10.3 Å². The summed E-state index contributed by atoms with van der Waals surface area (Å²) in [5.74, 6) is 0. The zero-order chi connectivity index (χ0) is 15.4. The van der Waals surface area contributed by atoms with E-state index in [2.05, 4.69) is 0 Å². The molecule has 3 rings (SSSR count). The molecule has 0 aliphatic carbocycles. The molecule has 0 saturated heterocycles. The number of hydrogen-bond acceptors (Lipinski definition) is 2. The van der Waals surface area contributed by atoms with Crippen molar-refractivity contribution in [3.8, 4) is 0 Å². The number of nitrogens with zero attached hydrogens (tertiary/aromatic N) is 1. The standard InChI is InChI=1S/C14H10Cl3NO2S/c1-18-12-5-3-2-4-8(12)14(17)9-6-10(15)11(16)7-13(9)21(18,19)20/h2-7,14H,1H3. The Bertz CT molecular complexity index is 836. The molecule has 21 heavy (non-hydrogen) atoms. The molecule has 0 amide bonds. The van der Waals surface area contributed by atoms with Crippen LogP contribution in [0.25, 0.3) is 0 Å². The van der Waals surface area contributed by atoms with Crippen molar-refractivity contribution in [1.82, 2.24) is 0 Å². The molecule has 0 bridgehead atoms. The van der Waals surface area contributed by atoms with Gasteiger partial charge in [-0.2, -0.15) is 0 Å². The lowest BCUT2D eigenvalue weighted by atomic mass is 10.0. The molecule has 1 unspecified atom stereocenters. The Morgan fingerprint density at radius 1 is 1.05 bits per heavy atom. The minimum atomic E-state index is -3.74. The third-order valence-electron chi connectivity index (χ3n) is 3.51. The molecule has 0 radical (unpaired) electrons. The highest BCUT2D eigenvalue weighted by molar-refractivity contribution is 7.92. The van der Waals surface area contributed by atoms with Gasteiger partial charge in [0.05, 0.1) is 26.0 Å². The summed E-state index contributed by atoms with van der Waals surface area (Å²) < 4.78 is 26.7. The predicted octanol–water partition coefficient (Wildman–Crippen LogP) is 4.46. The summed E-state index contributed by atoms with van der Waals surface area (Å²) in [6, 6.07) is 9.98. The molecule has 0 fully saturated rings. The molecule has 2 aromatic rings. The summed E-state index contributed by atoms with van der Waals surface area (Å²) >= 11 is 18.5. The first-order valence-corrected chi connectivity index (χ1v) is 8.68. The molecule has 1 heterocycles. The minimum Gasteiger partial charge on any atom is -0.269 e. The lowest BCUT2D eigenvalue weighted by molar-refractivity contribution is 0.594. The Morgan fingerprint density at radius 2 is 1.67 bits per heavy atom. The maximum Gasteiger partial charge on any atom is 0.264 e. The van der Waals surface area contributed by atoms with Gasteiger partial charge >= 0.3 is 0 Å². The first-order valence-electron chi connectivity index (χ1n) is 6.05. The Hall–Kier alpha value is -0.940. The molecule has 110 valence electrons. The second-order valence-corrected chi connectivity index (χ2v) is 7.89. The number of fused-ring (bicyclic) bond motifs is 2. The van der Waals surface area contributed by atoms with E-state index in [0.29, 0.717) is 16.8 Å². The van der Waals surface area contributed by atoms with Gasteiger partial charge in [-0.15, -0.1) is 11.6 Å². The van der Waals surface area contributed by atoms with Crippen LogP contribution in [0.15, 0.2) is 41.3 Å². The van der Waals surface area contributed by atoms with Crippen molar-refractivity contribution in [2.75, 3.05) is 11.4 Å². The van der Waals surface area contributed by atoms with Gasteiger partial charge in [0.15, 0.2) is 0 Å². The summed E-state index contributed by atoms with van der Waals surface area (Å²) in [6.07, 6.45) is 0. The van der Waals surface area contributed by atoms with Crippen LogP contribution in [0.1, 0.15) is 16.5 Å². The average molecular weight is 363 g/mol. The van der Waals surface area contributed by atoms with Crippen LogP contribution in [0.4, 0.5) is 5.69 Å². The third kappa shape index (κ3) is 2.21. The Kier molecular flexibility index (Phi) is 3.61. The largest absolute Gasteiger partial charge is 0.269 e. The molecule has 0 spiro atoms. The van der Waals surface area contributed by atoms with Crippen LogP contribution in [-0.2, 0) is 10.0 Å². The second-order valence-electron chi connectivity index (χ2n) is 4.70. The number of anilines is 1. The molecule has 2 aromatic carbocycles. The van der Waals surface area contributed by atoms with Gasteiger partial charge in [0.2, 0.25) is 0 Å². The second kappa shape index (κ2) is 5.06. The molecular formula is C14H10Cl3NO2S. The SMILES string of the molecule is CN1c2ccccc2C(Cl)c2cc(Cl)c(Cl)cc2S1(=O)=O. The minimum absolute atomic E-state index is 0.0793. The fraction of sp³-hybridized carbons (Fsp3) is 0.143. The normalized spacial score (nSPS) is 19.6. The molecule has 1 atom stereocenters. The van der Waals surface area contributed by atoms with E-state index < -0.39 is 15.4 Å². The maximum absolute atomic E-state index is 12.8. The Balaban J connectivity index is 2.42. The number of alkyl halides is 1. The van der Waals surface area contributed by atoms with Crippen LogP contribution in [0.3, 0.4) is 0 Å². The number of halogens is 3. The van der Waals surface area contributed by atoms with Crippen LogP contribution >= 0.6 is 34.8 Å². The summed E-state index contributed by atoms with van der Waals surface area (Å²) in [5.41, 5.74) is 1.69. The monoisotopic (exact) mass is 361 g/mol. The van der Waals surface area contributed by atoms with E-state index in [9.17, 15) is 8.42 Å². The summed E-state index contributed by atoms with van der Waals surface area (Å²) in [7, 11) is -2.24. The molecule has 1 aliphatic rings. The highest BCUT2D eigenvalue weighted by atomic mass is 35.5. The number of sulfonamides is 1. The topological polar surface area (TPSA) is 37.4 Å². The van der Waals surface area contributed by atoms with Gasteiger partial charge in [-0.25, -0.2) is 8.42 Å². The third-order valence-corrected chi connectivity index (χ3v) is 6.53. The maximum atomic E-state index is 12.8. The first-order chi connectivity index (χ1) is 9.84. The zero-order valence-electron chi connectivity index (χ0n) is 10.8. The van der Waals surface area contributed by atoms with Crippen LogP contribution < -0.4 is 4.31 Å². The summed E-state index contributed by atoms with van der Waals surface area (Å²) in [6.45, 7) is 0. The van der Waals surface area contributed by atoms with Gasteiger partial charge in [-0.05, 0) is 29.3 Å². The highest BCUT2D eigenvalue weighted by Crippen LogP contribution is 2.45. The molecular weight excluding hydrogens is 353 g/mol.